The van der Waals surface area contributed by atoms with Crippen molar-refractivity contribution in [1.82, 2.24) is 10.5 Å². The van der Waals surface area contributed by atoms with Crippen LogP contribution in [0.2, 0.25) is 0 Å². The third-order valence-corrected chi connectivity index (χ3v) is 2.52. The van der Waals surface area contributed by atoms with Crippen LogP contribution in [0.15, 0.2) is 22.7 Å². The van der Waals surface area contributed by atoms with E-state index in [2.05, 4.69) is 17.4 Å². The molecule has 0 aliphatic rings. The number of aromatic hydroxyl groups is 1. The Hall–Kier alpha value is -1.55. The summed E-state index contributed by atoms with van der Waals surface area (Å²) in [5, 5.41) is 17.3. The molecule has 4 nitrogen and oxygen atoms in total. The van der Waals surface area contributed by atoms with Crippen molar-refractivity contribution in [2.45, 2.75) is 19.4 Å². The Morgan fingerprint density at radius 2 is 2.33 bits per heavy atom. The first-order valence-electron chi connectivity index (χ1n) is 4.95. The van der Waals surface area contributed by atoms with Crippen molar-refractivity contribution < 1.29 is 9.63 Å². The summed E-state index contributed by atoms with van der Waals surface area (Å²) in [6.07, 6.45) is 0.760. The fourth-order valence-corrected chi connectivity index (χ4v) is 1.51. The molecule has 1 aromatic heterocycles. The number of phenols is 1. The maximum atomic E-state index is 9.38. The Bertz CT molecular complexity index is 465. The van der Waals surface area contributed by atoms with E-state index in [1.54, 1.807) is 18.2 Å². The first-order valence-corrected chi connectivity index (χ1v) is 4.95. The largest absolute Gasteiger partial charge is 0.508 e. The number of aromatic nitrogens is 1. The molecule has 0 spiro atoms. The molecule has 0 saturated heterocycles. The van der Waals surface area contributed by atoms with Crippen molar-refractivity contribution in [1.29, 1.82) is 0 Å². The van der Waals surface area contributed by atoms with Crippen molar-refractivity contribution in [3.8, 4) is 5.75 Å². The molecular weight excluding hydrogens is 192 g/mol. The molecule has 1 unspecified atom stereocenters. The first-order chi connectivity index (χ1) is 7.20. The van der Waals surface area contributed by atoms with Gasteiger partial charge >= 0.3 is 0 Å². The minimum atomic E-state index is 0.240. The van der Waals surface area contributed by atoms with E-state index in [0.717, 1.165) is 23.1 Å². The van der Waals surface area contributed by atoms with Gasteiger partial charge in [0.1, 0.15) is 17.0 Å². The lowest BCUT2D eigenvalue weighted by Crippen LogP contribution is -2.23. The van der Waals surface area contributed by atoms with Crippen LogP contribution in [-0.2, 0) is 6.42 Å². The molecule has 1 aromatic carbocycles. The highest BCUT2D eigenvalue weighted by Gasteiger charge is 2.11. The molecule has 80 valence electrons. The molecule has 4 heteroatoms. The molecule has 0 saturated carbocycles. The van der Waals surface area contributed by atoms with Gasteiger partial charge in [0.05, 0.1) is 0 Å². The second kappa shape index (κ2) is 3.90. The molecule has 2 aromatic rings. The van der Waals surface area contributed by atoms with Gasteiger partial charge in [-0.25, -0.2) is 0 Å². The summed E-state index contributed by atoms with van der Waals surface area (Å²) in [6.45, 7) is 2.07. The van der Waals surface area contributed by atoms with E-state index in [9.17, 15) is 5.11 Å². The number of likely N-dealkylation sites (N-methyl/N-ethyl adjacent to an activating group) is 1. The highest BCUT2D eigenvalue weighted by atomic mass is 16.5. The van der Waals surface area contributed by atoms with Gasteiger partial charge in [0.15, 0.2) is 0 Å². The van der Waals surface area contributed by atoms with Gasteiger partial charge in [0.2, 0.25) is 0 Å². The summed E-state index contributed by atoms with van der Waals surface area (Å²) in [5.74, 6) is 1.05. The highest BCUT2D eigenvalue weighted by molar-refractivity contribution is 5.81. The summed E-state index contributed by atoms with van der Waals surface area (Å²) in [4.78, 5) is 0. The van der Waals surface area contributed by atoms with Crippen molar-refractivity contribution >= 4 is 10.9 Å². The van der Waals surface area contributed by atoms with Crippen molar-refractivity contribution in [3.05, 3.63) is 24.0 Å². The molecule has 1 heterocycles. The van der Waals surface area contributed by atoms with E-state index in [1.165, 1.54) is 0 Å². The maximum Gasteiger partial charge on any atom is 0.146 e. The van der Waals surface area contributed by atoms with Gasteiger partial charge in [-0.2, -0.15) is 0 Å². The monoisotopic (exact) mass is 206 g/mol. The van der Waals surface area contributed by atoms with Crippen LogP contribution >= 0.6 is 0 Å². The molecule has 0 bridgehead atoms. The quantitative estimate of drug-likeness (QED) is 0.802. The van der Waals surface area contributed by atoms with Crippen molar-refractivity contribution in [2.24, 2.45) is 0 Å². The topological polar surface area (TPSA) is 58.3 Å². The predicted molar refractivity (Wildman–Crippen MR) is 57.9 cm³/mol. The van der Waals surface area contributed by atoms with Gasteiger partial charge in [-0.05, 0) is 32.2 Å². The fourth-order valence-electron chi connectivity index (χ4n) is 1.51. The van der Waals surface area contributed by atoms with Gasteiger partial charge in [-0.1, -0.05) is 5.16 Å². The minimum absolute atomic E-state index is 0.240. The van der Waals surface area contributed by atoms with Crippen molar-refractivity contribution in [2.75, 3.05) is 7.05 Å². The van der Waals surface area contributed by atoms with Crippen LogP contribution in [0, 0.1) is 0 Å². The molecule has 0 aliphatic heterocycles. The van der Waals surface area contributed by atoms with Gasteiger partial charge in [-0.15, -0.1) is 0 Å². The Balaban J connectivity index is 2.39. The zero-order valence-corrected chi connectivity index (χ0v) is 8.82. The molecule has 2 N–H and O–H groups in total. The average molecular weight is 206 g/mol. The number of hydrogen-bond acceptors (Lipinski definition) is 4. The summed E-state index contributed by atoms with van der Waals surface area (Å²) in [5.41, 5.74) is 0.783. The van der Waals surface area contributed by atoms with Crippen LogP contribution in [0.25, 0.3) is 10.9 Å². The standard InChI is InChI=1S/C11H14N2O2/c1-7(12-2)5-11-9-6-8(14)3-4-10(9)13-15-11/h3-4,6-7,12,14H,5H2,1-2H3. The molecular formula is C11H14N2O2. The van der Waals surface area contributed by atoms with Gasteiger partial charge in [-0.3, -0.25) is 0 Å². The molecule has 0 radical (unpaired) electrons. The van der Waals surface area contributed by atoms with Gasteiger partial charge in [0.25, 0.3) is 0 Å². The Morgan fingerprint density at radius 3 is 3.07 bits per heavy atom. The molecule has 1 atom stereocenters. The minimum Gasteiger partial charge on any atom is -0.508 e. The lowest BCUT2D eigenvalue weighted by atomic mass is 10.1. The SMILES string of the molecule is CNC(C)Cc1onc2ccc(O)cc12. The molecule has 0 fully saturated rings. The number of hydrogen-bond donors (Lipinski definition) is 2. The number of rotatable bonds is 3. The van der Waals surface area contributed by atoms with E-state index >= 15 is 0 Å². The van der Waals surface area contributed by atoms with Crippen LogP contribution < -0.4 is 5.32 Å². The Labute approximate surface area is 87.9 Å². The van der Waals surface area contributed by atoms with E-state index in [4.69, 9.17) is 4.52 Å². The molecule has 15 heavy (non-hydrogen) atoms. The van der Waals surface area contributed by atoms with Gasteiger partial charge < -0.3 is 14.9 Å². The number of benzene rings is 1. The number of phenolic OH excluding ortho intramolecular Hbond substituents is 1. The third-order valence-electron chi connectivity index (χ3n) is 2.52. The summed E-state index contributed by atoms with van der Waals surface area (Å²) >= 11 is 0. The normalized spacial score (nSPS) is 13.2. The number of nitrogens with zero attached hydrogens (tertiary/aromatic N) is 1. The second-order valence-corrected chi connectivity index (χ2v) is 3.70. The van der Waals surface area contributed by atoms with E-state index in [0.29, 0.717) is 6.04 Å². The number of fused-ring (bicyclic) bond motifs is 1. The first kappa shape index (κ1) is 9.98. The number of nitrogens with one attached hydrogen (secondary N) is 1. The maximum absolute atomic E-state index is 9.38. The molecule has 2 rings (SSSR count). The van der Waals surface area contributed by atoms with E-state index in [1.807, 2.05) is 7.05 Å². The van der Waals surface area contributed by atoms with E-state index in [-0.39, 0.29) is 5.75 Å². The van der Waals surface area contributed by atoms with Crippen LogP contribution in [0.3, 0.4) is 0 Å². The lowest BCUT2D eigenvalue weighted by molar-refractivity contribution is 0.378. The summed E-state index contributed by atoms with van der Waals surface area (Å²) in [6, 6.07) is 5.37. The molecule has 0 amide bonds. The van der Waals surface area contributed by atoms with E-state index < -0.39 is 0 Å². The molecule has 0 aliphatic carbocycles. The Kier molecular flexibility index (Phi) is 2.60. The Morgan fingerprint density at radius 1 is 1.53 bits per heavy atom. The zero-order chi connectivity index (χ0) is 10.8. The average Bonchev–Trinajstić information content (AvgIpc) is 2.61. The van der Waals surface area contributed by atoms with Crippen LogP contribution in [0.5, 0.6) is 5.75 Å². The van der Waals surface area contributed by atoms with Crippen LogP contribution in [-0.4, -0.2) is 23.4 Å². The summed E-state index contributed by atoms with van der Waals surface area (Å²) < 4.78 is 5.24. The van der Waals surface area contributed by atoms with Crippen LogP contribution in [0.1, 0.15) is 12.7 Å². The lowest BCUT2D eigenvalue weighted by Gasteiger charge is -2.06. The second-order valence-electron chi connectivity index (χ2n) is 3.70. The smallest absolute Gasteiger partial charge is 0.146 e. The predicted octanol–water partition coefficient (Wildman–Crippen LogP) is 1.68. The fraction of sp³-hybridized carbons (Fsp3) is 0.364. The van der Waals surface area contributed by atoms with Crippen LogP contribution in [0.4, 0.5) is 0 Å². The third kappa shape index (κ3) is 1.94. The van der Waals surface area contributed by atoms with Gasteiger partial charge in [0, 0.05) is 17.8 Å². The highest BCUT2D eigenvalue weighted by Crippen LogP contribution is 2.23. The van der Waals surface area contributed by atoms with Crippen molar-refractivity contribution in [3.63, 3.8) is 0 Å². The summed E-state index contributed by atoms with van der Waals surface area (Å²) in [7, 11) is 1.90. The zero-order valence-electron chi connectivity index (χ0n) is 8.82.